The van der Waals surface area contributed by atoms with E-state index in [2.05, 4.69) is 10.7 Å². The Morgan fingerprint density at radius 3 is 1.62 bits per heavy atom. The molecule has 80 valence electrons. The minimum absolute atomic E-state index is 1.25. The molecule has 0 bridgehead atoms. The third-order valence-electron chi connectivity index (χ3n) is 0.949. The van der Waals surface area contributed by atoms with Crippen molar-refractivity contribution in [2.75, 3.05) is 11.5 Å². The van der Waals surface area contributed by atoms with E-state index in [1.54, 1.807) is 0 Å². The second kappa shape index (κ2) is 3.62. The van der Waals surface area contributed by atoms with Gasteiger partial charge in [0, 0.05) is 10.7 Å². The number of hydrogen-bond acceptors (Lipinski definition) is 4. The van der Waals surface area contributed by atoms with Crippen LogP contribution in [0.15, 0.2) is 0 Å². The van der Waals surface area contributed by atoms with Gasteiger partial charge in [-0.2, -0.15) is 13.2 Å². The van der Waals surface area contributed by atoms with E-state index in [1.165, 1.54) is 0 Å². The van der Waals surface area contributed by atoms with Gasteiger partial charge in [-0.15, -0.1) is 0 Å². The maximum atomic E-state index is 11.6. The minimum Gasteiger partial charge on any atom is -0.220 e. The molecule has 0 rings (SSSR count). The zero-order valence-electron chi connectivity index (χ0n) is 5.88. The summed E-state index contributed by atoms with van der Waals surface area (Å²) in [5, 5.41) is 0. The van der Waals surface area contributed by atoms with Gasteiger partial charge in [-0.25, -0.2) is 16.8 Å². The molecule has 0 atom stereocenters. The van der Waals surface area contributed by atoms with E-state index in [0.717, 1.165) is 0 Å². The van der Waals surface area contributed by atoms with Crippen LogP contribution in [0.3, 0.4) is 0 Å². The summed E-state index contributed by atoms with van der Waals surface area (Å²) in [5.41, 5.74) is -5.44. The summed E-state index contributed by atoms with van der Waals surface area (Å²) >= 11 is 0. The molecule has 0 aliphatic heterocycles. The molecule has 10 heteroatoms. The summed E-state index contributed by atoms with van der Waals surface area (Å²) in [7, 11) is -5.09. The van der Waals surface area contributed by atoms with Crippen molar-refractivity contribution < 1.29 is 30.0 Å². The van der Waals surface area contributed by atoms with Gasteiger partial charge in [-0.3, -0.25) is 0 Å². The topological polar surface area (TPSA) is 68.3 Å². The van der Waals surface area contributed by atoms with E-state index in [1.807, 2.05) is 0 Å². The molecule has 0 aromatic heterocycles. The van der Waals surface area contributed by atoms with Gasteiger partial charge in [0.2, 0.25) is 18.9 Å². The van der Waals surface area contributed by atoms with Crippen LogP contribution in [0, 0.1) is 0 Å². The second-order valence-corrected chi connectivity index (χ2v) is 7.00. The molecule has 0 saturated heterocycles. The van der Waals surface area contributed by atoms with Gasteiger partial charge >= 0.3 is 5.51 Å². The highest BCUT2D eigenvalue weighted by molar-refractivity contribution is 8.14. The molecule has 13 heavy (non-hydrogen) atoms. The maximum absolute atomic E-state index is 11.6. The lowest BCUT2D eigenvalue weighted by Gasteiger charge is -2.05. The molecule has 0 amide bonds. The quantitative estimate of drug-likeness (QED) is 0.693. The number of rotatable bonds is 3. The summed E-state index contributed by atoms with van der Waals surface area (Å²) in [6, 6.07) is 0. The van der Waals surface area contributed by atoms with E-state index in [9.17, 15) is 30.0 Å². The van der Waals surface area contributed by atoms with Crippen molar-refractivity contribution in [3.05, 3.63) is 0 Å². The van der Waals surface area contributed by atoms with Crippen molar-refractivity contribution in [1.29, 1.82) is 0 Å². The average Bonchev–Trinajstić information content (AvgIpc) is 1.79. The van der Waals surface area contributed by atoms with Crippen LogP contribution in [0.4, 0.5) is 13.2 Å². The van der Waals surface area contributed by atoms with Crippen LogP contribution < -0.4 is 0 Å². The van der Waals surface area contributed by atoms with Gasteiger partial charge in [-0.05, 0) is 0 Å². The summed E-state index contributed by atoms with van der Waals surface area (Å²) in [6.07, 6.45) is 0. The number of hydrogen-bond donors (Lipinski definition) is 0. The van der Waals surface area contributed by atoms with Gasteiger partial charge in [0.05, 0.1) is 11.5 Å². The first-order valence-corrected chi connectivity index (χ1v) is 6.80. The predicted molar refractivity (Wildman–Crippen MR) is 39.5 cm³/mol. The third kappa shape index (κ3) is 4.67. The van der Waals surface area contributed by atoms with Gasteiger partial charge < -0.3 is 0 Å². The van der Waals surface area contributed by atoms with E-state index in [4.69, 9.17) is 0 Å². The number of halogens is 4. The molecule has 0 spiro atoms. The SMILES string of the molecule is O=S(=O)(Cl)CCS(=O)(=O)C(F)(F)F. The fourth-order valence-corrected chi connectivity index (χ4v) is 2.80. The van der Waals surface area contributed by atoms with E-state index < -0.39 is 35.9 Å². The molecular weight excluding hydrogens is 257 g/mol. The Balaban J connectivity index is 4.59. The molecule has 0 heterocycles. The Labute approximate surface area is 77.0 Å². The molecule has 0 aromatic rings. The Hall–Kier alpha value is -0.0200. The average molecular weight is 261 g/mol. The van der Waals surface area contributed by atoms with Gasteiger partial charge in [0.1, 0.15) is 0 Å². The second-order valence-electron chi connectivity index (χ2n) is 2.01. The first kappa shape index (κ1) is 13.0. The van der Waals surface area contributed by atoms with E-state index in [-0.39, 0.29) is 0 Å². The summed E-state index contributed by atoms with van der Waals surface area (Å²) in [5.74, 6) is -2.81. The Kier molecular flexibility index (Phi) is 3.61. The summed E-state index contributed by atoms with van der Waals surface area (Å²) in [4.78, 5) is 0. The lowest BCUT2D eigenvalue weighted by atomic mass is 11.0. The largest absolute Gasteiger partial charge is 0.497 e. The molecular formula is C3H4ClF3O4S2. The smallest absolute Gasteiger partial charge is 0.220 e. The van der Waals surface area contributed by atoms with Crippen LogP contribution in [0.5, 0.6) is 0 Å². The van der Waals surface area contributed by atoms with Crippen LogP contribution in [0.1, 0.15) is 0 Å². The molecule has 0 aromatic carbocycles. The van der Waals surface area contributed by atoms with Crippen LogP contribution >= 0.6 is 10.7 Å². The van der Waals surface area contributed by atoms with Crippen molar-refractivity contribution in [2.45, 2.75) is 5.51 Å². The van der Waals surface area contributed by atoms with Crippen molar-refractivity contribution >= 4 is 29.6 Å². The van der Waals surface area contributed by atoms with Gasteiger partial charge in [0.25, 0.3) is 0 Å². The van der Waals surface area contributed by atoms with Crippen LogP contribution in [0.25, 0.3) is 0 Å². The summed E-state index contributed by atoms with van der Waals surface area (Å²) in [6.45, 7) is 0. The van der Waals surface area contributed by atoms with Crippen molar-refractivity contribution in [3.8, 4) is 0 Å². The van der Waals surface area contributed by atoms with Crippen LogP contribution in [-0.4, -0.2) is 33.8 Å². The standard InChI is InChI=1S/C3H4ClF3O4S2/c4-13(10,11)2-1-12(8,9)3(5,6)7/h1-2H2. The van der Waals surface area contributed by atoms with Gasteiger partial charge in [0.15, 0.2) is 0 Å². The number of alkyl halides is 3. The Morgan fingerprint density at radius 2 is 1.38 bits per heavy atom. The molecule has 0 radical (unpaired) electrons. The monoisotopic (exact) mass is 260 g/mol. The van der Waals surface area contributed by atoms with Crippen LogP contribution in [-0.2, 0) is 18.9 Å². The van der Waals surface area contributed by atoms with Crippen molar-refractivity contribution in [2.24, 2.45) is 0 Å². The zero-order chi connectivity index (χ0) is 10.9. The van der Waals surface area contributed by atoms with E-state index in [0.29, 0.717) is 0 Å². The maximum Gasteiger partial charge on any atom is 0.497 e. The molecule has 0 unspecified atom stereocenters. The third-order valence-corrected chi connectivity index (χ3v) is 3.81. The minimum atomic E-state index is -5.44. The highest BCUT2D eigenvalue weighted by Gasteiger charge is 2.45. The zero-order valence-corrected chi connectivity index (χ0v) is 8.26. The first-order valence-electron chi connectivity index (χ1n) is 2.67. The molecule has 0 fully saturated rings. The predicted octanol–water partition coefficient (Wildman–Crippen LogP) is 0.490. The highest BCUT2D eigenvalue weighted by atomic mass is 35.7. The highest BCUT2D eigenvalue weighted by Crippen LogP contribution is 2.23. The molecule has 4 nitrogen and oxygen atoms in total. The molecule has 0 N–H and O–H groups in total. The fraction of sp³-hybridized carbons (Fsp3) is 1.00. The van der Waals surface area contributed by atoms with E-state index >= 15 is 0 Å². The normalized spacial score (nSPS) is 14.5. The lowest BCUT2D eigenvalue weighted by molar-refractivity contribution is -0.0434. The van der Waals surface area contributed by atoms with Crippen LogP contribution in [0.2, 0.25) is 0 Å². The molecule has 0 saturated carbocycles. The molecule has 0 aliphatic rings. The fourth-order valence-electron chi connectivity index (χ4n) is 0.325. The van der Waals surface area contributed by atoms with Gasteiger partial charge in [-0.1, -0.05) is 0 Å². The lowest BCUT2D eigenvalue weighted by Crippen LogP contribution is -2.28. The first-order chi connectivity index (χ1) is 5.46. The number of sulfone groups is 1. The summed E-state index contributed by atoms with van der Waals surface area (Å²) < 4.78 is 75.5. The van der Waals surface area contributed by atoms with Crippen molar-refractivity contribution in [3.63, 3.8) is 0 Å². The molecule has 0 aliphatic carbocycles. The van der Waals surface area contributed by atoms with Crippen molar-refractivity contribution in [1.82, 2.24) is 0 Å². The Bertz CT molecular complexity index is 366. The Morgan fingerprint density at radius 1 is 1.00 bits per heavy atom.